The number of hydrogen-bond acceptors (Lipinski definition) is 1. The molecule has 82 valence electrons. The second-order valence-electron chi connectivity index (χ2n) is 4.88. The number of hydrogen-bond donors (Lipinski definition) is 2. The third-order valence-corrected chi connectivity index (χ3v) is 4.61. The van der Waals surface area contributed by atoms with Crippen molar-refractivity contribution in [1.82, 2.24) is 10.3 Å². The second-order valence-corrected chi connectivity index (χ2v) is 5.73. The number of para-hydroxylation sites is 1. The molecular formula is C13H13BrN2. The lowest BCUT2D eigenvalue weighted by Gasteiger charge is -2.21. The topological polar surface area (TPSA) is 27.8 Å². The molecule has 16 heavy (non-hydrogen) atoms. The van der Waals surface area contributed by atoms with Crippen LogP contribution in [0, 0.1) is 0 Å². The van der Waals surface area contributed by atoms with Gasteiger partial charge in [-0.25, -0.2) is 0 Å². The minimum atomic E-state index is 0.580. The Hall–Kier alpha value is -0.800. The molecule has 3 heterocycles. The fourth-order valence-electron chi connectivity index (χ4n) is 3.27. The zero-order valence-corrected chi connectivity index (χ0v) is 10.5. The molecule has 2 bridgehead atoms. The highest BCUT2D eigenvalue weighted by Crippen LogP contribution is 2.41. The van der Waals surface area contributed by atoms with Crippen molar-refractivity contribution >= 4 is 26.8 Å². The highest BCUT2D eigenvalue weighted by molar-refractivity contribution is 9.10. The lowest BCUT2D eigenvalue weighted by Crippen LogP contribution is -2.31. The lowest BCUT2D eigenvalue weighted by molar-refractivity contribution is 0.513. The van der Waals surface area contributed by atoms with E-state index in [0.717, 1.165) is 6.42 Å². The van der Waals surface area contributed by atoms with Gasteiger partial charge >= 0.3 is 0 Å². The summed E-state index contributed by atoms with van der Waals surface area (Å²) in [4.78, 5) is 3.60. The van der Waals surface area contributed by atoms with Gasteiger partial charge in [0.15, 0.2) is 0 Å². The van der Waals surface area contributed by atoms with E-state index in [2.05, 4.69) is 44.4 Å². The molecule has 2 unspecified atom stereocenters. The summed E-state index contributed by atoms with van der Waals surface area (Å²) < 4.78 is 1.18. The van der Waals surface area contributed by atoms with Gasteiger partial charge in [0.1, 0.15) is 0 Å². The molecule has 0 spiro atoms. The highest BCUT2D eigenvalue weighted by Gasteiger charge is 2.34. The molecule has 2 atom stereocenters. The van der Waals surface area contributed by atoms with Gasteiger partial charge in [0, 0.05) is 34.1 Å². The van der Waals surface area contributed by atoms with Gasteiger partial charge in [0.25, 0.3) is 0 Å². The van der Waals surface area contributed by atoms with Crippen LogP contribution in [0.4, 0.5) is 0 Å². The number of nitrogens with one attached hydrogen (secondary N) is 2. The molecule has 1 aromatic carbocycles. The number of benzene rings is 1. The third kappa shape index (κ3) is 1.10. The molecule has 2 aromatic rings. The van der Waals surface area contributed by atoms with Crippen LogP contribution < -0.4 is 5.32 Å². The van der Waals surface area contributed by atoms with E-state index in [1.165, 1.54) is 39.5 Å². The van der Waals surface area contributed by atoms with Crippen LogP contribution in [0.25, 0.3) is 10.9 Å². The minimum absolute atomic E-state index is 0.580. The van der Waals surface area contributed by atoms with E-state index in [4.69, 9.17) is 0 Å². The number of fused-ring (bicyclic) bond motifs is 6. The normalized spacial score (nSPS) is 27.3. The molecular weight excluding hydrogens is 264 g/mol. The Labute approximate surface area is 103 Å². The molecule has 1 aromatic heterocycles. The van der Waals surface area contributed by atoms with Crippen LogP contribution in [0.15, 0.2) is 22.7 Å². The van der Waals surface area contributed by atoms with Crippen molar-refractivity contribution in [3.63, 3.8) is 0 Å². The van der Waals surface area contributed by atoms with Gasteiger partial charge in [0.2, 0.25) is 0 Å². The zero-order valence-electron chi connectivity index (χ0n) is 8.89. The van der Waals surface area contributed by atoms with Crippen LogP contribution in [0.5, 0.6) is 0 Å². The van der Waals surface area contributed by atoms with Crippen molar-refractivity contribution in [1.29, 1.82) is 0 Å². The Morgan fingerprint density at radius 3 is 3.12 bits per heavy atom. The molecule has 2 N–H and O–H groups in total. The molecule has 1 saturated heterocycles. The predicted octanol–water partition coefficient (Wildman–Crippen LogP) is 3.28. The Morgan fingerprint density at radius 1 is 1.25 bits per heavy atom. The number of aromatic nitrogens is 1. The zero-order chi connectivity index (χ0) is 10.7. The summed E-state index contributed by atoms with van der Waals surface area (Å²) in [6, 6.07) is 7.74. The summed E-state index contributed by atoms with van der Waals surface area (Å²) in [6.07, 6.45) is 3.77. The Balaban J connectivity index is 2.06. The molecule has 4 rings (SSSR count). The molecule has 3 heteroatoms. The minimum Gasteiger partial charge on any atom is -0.357 e. The van der Waals surface area contributed by atoms with E-state index in [0.29, 0.717) is 12.1 Å². The summed E-state index contributed by atoms with van der Waals surface area (Å²) >= 11 is 3.62. The lowest BCUT2D eigenvalue weighted by atomic mass is 9.99. The van der Waals surface area contributed by atoms with Crippen LogP contribution >= 0.6 is 15.9 Å². The summed E-state index contributed by atoms with van der Waals surface area (Å²) in [7, 11) is 0. The van der Waals surface area contributed by atoms with E-state index in [9.17, 15) is 0 Å². The number of H-pyrrole nitrogens is 1. The van der Waals surface area contributed by atoms with Crippen molar-refractivity contribution in [3.05, 3.63) is 33.9 Å². The maximum absolute atomic E-state index is 3.71. The standard InChI is InChI=1S/C13H13BrN2/c14-9-3-1-2-8-12-10-5-4-7(15-10)6-11(12)16-13(8)9/h1-3,7,10,15-16H,4-6H2. The molecule has 1 fully saturated rings. The van der Waals surface area contributed by atoms with Crippen LogP contribution in [0.2, 0.25) is 0 Å². The highest BCUT2D eigenvalue weighted by atomic mass is 79.9. The molecule has 0 saturated carbocycles. The third-order valence-electron chi connectivity index (χ3n) is 3.94. The monoisotopic (exact) mass is 276 g/mol. The molecule has 2 aliphatic heterocycles. The fraction of sp³-hybridized carbons (Fsp3) is 0.385. The SMILES string of the molecule is Brc1cccc2c3c([nH]c12)CC1CCC3N1. The van der Waals surface area contributed by atoms with Crippen molar-refractivity contribution in [2.24, 2.45) is 0 Å². The van der Waals surface area contributed by atoms with E-state index < -0.39 is 0 Å². The van der Waals surface area contributed by atoms with E-state index in [1.807, 2.05) is 0 Å². The van der Waals surface area contributed by atoms with Crippen LogP contribution in [0.1, 0.15) is 30.1 Å². The Bertz CT molecular complexity index is 573. The summed E-state index contributed by atoms with van der Waals surface area (Å²) in [5.41, 5.74) is 4.24. The molecule has 0 radical (unpaired) electrons. The first-order valence-corrected chi connectivity index (χ1v) is 6.67. The first kappa shape index (κ1) is 9.25. The van der Waals surface area contributed by atoms with Crippen molar-refractivity contribution in [2.45, 2.75) is 31.3 Å². The van der Waals surface area contributed by atoms with Gasteiger partial charge in [-0.05, 0) is 40.4 Å². The summed E-state index contributed by atoms with van der Waals surface area (Å²) in [5, 5.41) is 5.10. The summed E-state index contributed by atoms with van der Waals surface area (Å²) in [5.74, 6) is 0. The molecule has 0 amide bonds. The van der Waals surface area contributed by atoms with Crippen LogP contribution in [0.3, 0.4) is 0 Å². The number of rotatable bonds is 0. The van der Waals surface area contributed by atoms with Gasteiger partial charge in [-0.3, -0.25) is 0 Å². The largest absolute Gasteiger partial charge is 0.357 e. The van der Waals surface area contributed by atoms with Crippen molar-refractivity contribution in [3.8, 4) is 0 Å². The average molecular weight is 277 g/mol. The smallest absolute Gasteiger partial charge is 0.0603 e. The van der Waals surface area contributed by atoms with E-state index in [1.54, 1.807) is 0 Å². The quantitative estimate of drug-likeness (QED) is 0.760. The van der Waals surface area contributed by atoms with Crippen LogP contribution in [-0.2, 0) is 6.42 Å². The summed E-state index contributed by atoms with van der Waals surface area (Å²) in [6.45, 7) is 0. The maximum Gasteiger partial charge on any atom is 0.0603 e. The van der Waals surface area contributed by atoms with E-state index in [-0.39, 0.29) is 0 Å². The first-order chi connectivity index (χ1) is 7.83. The average Bonchev–Trinajstić information content (AvgIpc) is 2.82. The van der Waals surface area contributed by atoms with Gasteiger partial charge in [-0.2, -0.15) is 0 Å². The Kier molecular flexibility index (Phi) is 1.80. The number of aromatic amines is 1. The van der Waals surface area contributed by atoms with Crippen LogP contribution in [-0.4, -0.2) is 11.0 Å². The van der Waals surface area contributed by atoms with Gasteiger partial charge in [0.05, 0.1) is 5.52 Å². The molecule has 0 aliphatic carbocycles. The van der Waals surface area contributed by atoms with Gasteiger partial charge in [-0.1, -0.05) is 12.1 Å². The number of halogens is 1. The Morgan fingerprint density at radius 2 is 2.19 bits per heavy atom. The van der Waals surface area contributed by atoms with E-state index >= 15 is 0 Å². The van der Waals surface area contributed by atoms with Crippen molar-refractivity contribution in [2.75, 3.05) is 0 Å². The van der Waals surface area contributed by atoms with Crippen molar-refractivity contribution < 1.29 is 0 Å². The van der Waals surface area contributed by atoms with Gasteiger partial charge < -0.3 is 10.3 Å². The molecule has 2 nitrogen and oxygen atoms in total. The fourth-order valence-corrected chi connectivity index (χ4v) is 3.73. The predicted molar refractivity (Wildman–Crippen MR) is 68.6 cm³/mol. The maximum atomic E-state index is 3.71. The second kappa shape index (κ2) is 3.11. The van der Waals surface area contributed by atoms with Gasteiger partial charge in [-0.15, -0.1) is 0 Å². The molecule has 2 aliphatic rings. The first-order valence-electron chi connectivity index (χ1n) is 5.88.